The minimum Gasteiger partial charge on any atom is -0.0985 e. The molecule has 0 N–H and O–H groups in total. The van der Waals surface area contributed by atoms with E-state index in [0.717, 1.165) is 10.6 Å². The summed E-state index contributed by atoms with van der Waals surface area (Å²) in [5.41, 5.74) is 1.16. The van der Waals surface area contributed by atoms with Crippen LogP contribution in [0.1, 0.15) is 5.56 Å². The minimum absolute atomic E-state index is 0.790. The second-order valence-electron chi connectivity index (χ2n) is 3.14. The molecular weight excluding hydrogens is 184 g/mol. The van der Waals surface area contributed by atoms with Crippen LogP contribution in [0.15, 0.2) is 24.8 Å². The van der Waals surface area contributed by atoms with Gasteiger partial charge in [-0.15, -0.1) is 0 Å². The van der Waals surface area contributed by atoms with Gasteiger partial charge in [0.15, 0.2) is 0 Å². The van der Waals surface area contributed by atoms with Crippen LogP contribution in [0.25, 0.3) is 6.08 Å². The fourth-order valence-corrected chi connectivity index (χ4v) is 3.08. The lowest BCUT2D eigenvalue weighted by Gasteiger charge is -2.07. The third kappa shape index (κ3) is 1.99. The molecule has 0 spiro atoms. The van der Waals surface area contributed by atoms with Gasteiger partial charge in [0.2, 0.25) is 0 Å². The van der Waals surface area contributed by atoms with E-state index in [2.05, 4.69) is 25.7 Å². The zero-order chi connectivity index (χ0) is 9.14. The smallest absolute Gasteiger partial charge is 0.0667 e. The van der Waals surface area contributed by atoms with E-state index in [-0.39, 0.29) is 0 Å². The molecule has 0 saturated heterocycles. The monoisotopic (exact) mass is 196 g/mol. The number of halogens is 1. The van der Waals surface area contributed by atoms with Gasteiger partial charge >= 0.3 is 0 Å². The molecule has 1 aromatic rings. The van der Waals surface area contributed by atoms with Crippen molar-refractivity contribution in [1.82, 2.24) is 0 Å². The number of rotatable bonds is 2. The molecule has 0 aliphatic carbocycles. The molecule has 0 bridgehead atoms. The molecule has 1 rings (SSSR count). The van der Waals surface area contributed by atoms with Gasteiger partial charge in [-0.1, -0.05) is 49.5 Å². The predicted octanol–water partition coefficient (Wildman–Crippen LogP) is 2.68. The maximum atomic E-state index is 6.05. The van der Waals surface area contributed by atoms with Crippen LogP contribution in [0, 0.1) is 0 Å². The van der Waals surface area contributed by atoms with E-state index in [4.69, 9.17) is 11.6 Å². The van der Waals surface area contributed by atoms with Crippen LogP contribution in [-0.2, 0) is 0 Å². The van der Waals surface area contributed by atoms with E-state index in [1.807, 2.05) is 18.2 Å². The van der Waals surface area contributed by atoms with Gasteiger partial charge in [0.05, 0.1) is 8.80 Å². The maximum Gasteiger partial charge on any atom is 0.0667 e. The third-order valence-corrected chi connectivity index (χ3v) is 4.13. The minimum atomic E-state index is -0.790. The number of benzene rings is 1. The van der Waals surface area contributed by atoms with Crippen LogP contribution in [0.4, 0.5) is 0 Å². The molecule has 0 aliphatic heterocycles. The van der Waals surface area contributed by atoms with Crippen molar-refractivity contribution in [2.75, 3.05) is 0 Å². The lowest BCUT2D eigenvalue weighted by atomic mass is 10.2. The molecule has 0 radical (unpaired) electrons. The van der Waals surface area contributed by atoms with Crippen LogP contribution >= 0.6 is 11.6 Å². The van der Waals surface area contributed by atoms with Gasteiger partial charge in [0.25, 0.3) is 0 Å². The molecule has 0 fully saturated rings. The first-order valence-corrected chi connectivity index (χ1v) is 7.33. The van der Waals surface area contributed by atoms with Gasteiger partial charge in [0, 0.05) is 5.02 Å². The Kier molecular flexibility index (Phi) is 3.12. The van der Waals surface area contributed by atoms with Gasteiger partial charge in [-0.3, -0.25) is 0 Å². The van der Waals surface area contributed by atoms with Crippen molar-refractivity contribution in [2.45, 2.75) is 13.1 Å². The van der Waals surface area contributed by atoms with E-state index in [9.17, 15) is 0 Å². The molecule has 0 heterocycles. The summed E-state index contributed by atoms with van der Waals surface area (Å²) in [7, 11) is -0.790. The summed E-state index contributed by atoms with van der Waals surface area (Å²) in [6.45, 7) is 8.28. The zero-order valence-electron chi connectivity index (χ0n) is 7.47. The number of hydrogen-bond acceptors (Lipinski definition) is 0. The van der Waals surface area contributed by atoms with Gasteiger partial charge in [-0.25, -0.2) is 0 Å². The van der Waals surface area contributed by atoms with E-state index < -0.39 is 8.80 Å². The predicted molar refractivity (Wildman–Crippen MR) is 60.1 cm³/mol. The molecule has 0 unspecified atom stereocenters. The molecular formula is C10H13ClSi. The first-order valence-electron chi connectivity index (χ1n) is 4.07. The molecule has 0 saturated carbocycles. The van der Waals surface area contributed by atoms with Crippen molar-refractivity contribution in [2.24, 2.45) is 0 Å². The summed E-state index contributed by atoms with van der Waals surface area (Å²) in [4.78, 5) is 0. The van der Waals surface area contributed by atoms with Crippen molar-refractivity contribution in [3.8, 4) is 0 Å². The highest BCUT2D eigenvalue weighted by atomic mass is 35.5. The Morgan fingerprint density at radius 1 is 1.42 bits per heavy atom. The average molecular weight is 197 g/mol. The SMILES string of the molecule is C=Cc1ccc(Cl)c([SiH](C)C)c1. The summed E-state index contributed by atoms with van der Waals surface area (Å²) < 4.78 is 0. The first-order chi connectivity index (χ1) is 5.65. The van der Waals surface area contributed by atoms with Crippen molar-refractivity contribution >= 4 is 31.7 Å². The van der Waals surface area contributed by atoms with Crippen LogP contribution in [0.5, 0.6) is 0 Å². The fraction of sp³-hybridized carbons (Fsp3) is 0.200. The summed E-state index contributed by atoms with van der Waals surface area (Å²) in [5, 5.41) is 2.23. The largest absolute Gasteiger partial charge is 0.0985 e. The molecule has 2 heteroatoms. The maximum absolute atomic E-state index is 6.05. The Morgan fingerprint density at radius 3 is 2.58 bits per heavy atom. The van der Waals surface area contributed by atoms with E-state index in [0.29, 0.717) is 0 Å². The summed E-state index contributed by atoms with van der Waals surface area (Å²) in [6, 6.07) is 6.10. The normalized spacial score (nSPS) is 10.3. The fourth-order valence-electron chi connectivity index (χ4n) is 1.13. The second kappa shape index (κ2) is 3.92. The van der Waals surface area contributed by atoms with Crippen molar-refractivity contribution in [3.05, 3.63) is 35.4 Å². The molecule has 1 aromatic carbocycles. The highest BCUT2D eigenvalue weighted by Crippen LogP contribution is 2.09. The topological polar surface area (TPSA) is 0 Å². The van der Waals surface area contributed by atoms with E-state index in [1.165, 1.54) is 5.19 Å². The summed E-state index contributed by atoms with van der Waals surface area (Å²) in [5.74, 6) is 0. The van der Waals surface area contributed by atoms with Gasteiger partial charge in [0.1, 0.15) is 0 Å². The second-order valence-corrected chi connectivity index (χ2v) is 6.48. The van der Waals surface area contributed by atoms with Crippen LogP contribution < -0.4 is 5.19 Å². The Bertz CT molecular complexity index is 292. The average Bonchev–Trinajstić information content (AvgIpc) is 2.05. The Hall–Kier alpha value is -0.533. The summed E-state index contributed by atoms with van der Waals surface area (Å²) in [6.07, 6.45) is 1.86. The van der Waals surface area contributed by atoms with Crippen molar-refractivity contribution in [3.63, 3.8) is 0 Å². The lowest BCUT2D eigenvalue weighted by Crippen LogP contribution is -2.23. The van der Waals surface area contributed by atoms with Crippen LogP contribution in [0.2, 0.25) is 18.1 Å². The highest BCUT2D eigenvalue weighted by Gasteiger charge is 2.05. The lowest BCUT2D eigenvalue weighted by molar-refractivity contribution is 1.69. The molecule has 12 heavy (non-hydrogen) atoms. The van der Waals surface area contributed by atoms with Crippen molar-refractivity contribution in [1.29, 1.82) is 0 Å². The molecule has 0 amide bonds. The first kappa shape index (κ1) is 9.55. The van der Waals surface area contributed by atoms with Gasteiger partial charge in [-0.2, -0.15) is 0 Å². The molecule has 0 aliphatic rings. The molecule has 64 valence electrons. The van der Waals surface area contributed by atoms with E-state index in [1.54, 1.807) is 0 Å². The van der Waals surface area contributed by atoms with Gasteiger partial charge < -0.3 is 0 Å². The molecule has 0 atom stereocenters. The standard InChI is InChI=1S/C10H13ClSi/c1-4-8-5-6-9(11)10(7-8)12(2)3/h4-7,12H,1H2,2-3H3. The Balaban J connectivity index is 3.16. The van der Waals surface area contributed by atoms with Crippen molar-refractivity contribution < 1.29 is 0 Å². The summed E-state index contributed by atoms with van der Waals surface area (Å²) >= 11 is 6.05. The Labute approximate surface area is 80.5 Å². The van der Waals surface area contributed by atoms with Gasteiger partial charge in [-0.05, 0) is 16.8 Å². The highest BCUT2D eigenvalue weighted by molar-refractivity contribution is 6.73. The van der Waals surface area contributed by atoms with Crippen LogP contribution in [0.3, 0.4) is 0 Å². The molecule has 0 aromatic heterocycles. The zero-order valence-corrected chi connectivity index (χ0v) is 9.38. The van der Waals surface area contributed by atoms with Crippen LogP contribution in [-0.4, -0.2) is 8.80 Å². The number of hydrogen-bond donors (Lipinski definition) is 0. The Morgan fingerprint density at radius 2 is 2.08 bits per heavy atom. The third-order valence-electron chi connectivity index (χ3n) is 1.88. The quantitative estimate of drug-likeness (QED) is 0.639. The molecule has 0 nitrogen and oxygen atoms in total. The van der Waals surface area contributed by atoms with E-state index >= 15 is 0 Å².